The van der Waals surface area contributed by atoms with Crippen LogP contribution in [0.4, 0.5) is 23.4 Å². The molecular formula is C22H19F4N3. The Morgan fingerprint density at radius 2 is 2.00 bits per heavy atom. The zero-order valence-electron chi connectivity index (χ0n) is 15.8. The molecule has 1 aliphatic heterocycles. The Hall–Kier alpha value is -3.09. The molecule has 3 heterocycles. The summed E-state index contributed by atoms with van der Waals surface area (Å²) in [6.07, 6.45) is -1.49. The summed E-state index contributed by atoms with van der Waals surface area (Å²) in [5, 5.41) is 1.08. The molecule has 1 N–H and O–H groups in total. The zero-order chi connectivity index (χ0) is 20.8. The van der Waals surface area contributed by atoms with Gasteiger partial charge in [0.25, 0.3) is 0 Å². The average molecular weight is 401 g/mol. The first-order chi connectivity index (χ1) is 13.7. The van der Waals surface area contributed by atoms with E-state index in [0.29, 0.717) is 31.8 Å². The number of nitrogens with zero attached hydrogens (tertiary/aromatic N) is 2. The number of fused-ring (bicyclic) bond motifs is 1. The second-order valence-corrected chi connectivity index (χ2v) is 7.19. The fourth-order valence-electron chi connectivity index (χ4n) is 3.65. The summed E-state index contributed by atoms with van der Waals surface area (Å²) in [6.45, 7) is 6.90. The highest BCUT2D eigenvalue weighted by molar-refractivity contribution is 5.85. The number of rotatable bonds is 2. The molecule has 0 saturated carbocycles. The van der Waals surface area contributed by atoms with Gasteiger partial charge in [0.05, 0.1) is 5.56 Å². The van der Waals surface area contributed by atoms with E-state index in [1.54, 1.807) is 4.90 Å². The minimum atomic E-state index is -4.62. The van der Waals surface area contributed by atoms with Crippen molar-refractivity contribution >= 4 is 22.3 Å². The highest BCUT2D eigenvalue weighted by atomic mass is 19.4. The van der Waals surface area contributed by atoms with Gasteiger partial charge in [0.1, 0.15) is 0 Å². The van der Waals surface area contributed by atoms with Crippen molar-refractivity contribution in [3.63, 3.8) is 0 Å². The summed E-state index contributed by atoms with van der Waals surface area (Å²) in [4.78, 5) is 8.58. The number of aromatic nitrogens is 2. The number of nitrogens with one attached hydrogen (secondary N) is 1. The van der Waals surface area contributed by atoms with E-state index >= 15 is 0 Å². The molecule has 3 nitrogen and oxygen atoms in total. The zero-order valence-corrected chi connectivity index (χ0v) is 15.8. The van der Waals surface area contributed by atoms with Crippen molar-refractivity contribution < 1.29 is 17.6 Å². The predicted octanol–water partition coefficient (Wildman–Crippen LogP) is 5.96. The Bertz CT molecular complexity index is 1120. The smallest absolute Gasteiger partial charge is 0.361 e. The van der Waals surface area contributed by atoms with Crippen LogP contribution >= 0.6 is 0 Å². The van der Waals surface area contributed by atoms with Crippen LogP contribution in [0.2, 0.25) is 0 Å². The van der Waals surface area contributed by atoms with Crippen molar-refractivity contribution in [1.29, 1.82) is 0 Å². The van der Waals surface area contributed by atoms with Gasteiger partial charge in [0, 0.05) is 31.0 Å². The summed E-state index contributed by atoms with van der Waals surface area (Å²) in [6, 6.07) is 8.55. The maximum Gasteiger partial charge on any atom is 0.417 e. The number of aromatic amines is 1. The normalized spacial score (nSPS) is 17.1. The van der Waals surface area contributed by atoms with Crippen molar-refractivity contribution in [3.05, 3.63) is 77.4 Å². The summed E-state index contributed by atoms with van der Waals surface area (Å²) < 4.78 is 52.8. The van der Waals surface area contributed by atoms with Crippen LogP contribution in [0.25, 0.3) is 16.5 Å². The van der Waals surface area contributed by atoms with E-state index in [4.69, 9.17) is 0 Å². The Morgan fingerprint density at radius 1 is 1.21 bits per heavy atom. The maximum absolute atomic E-state index is 14.4. The second-order valence-electron chi connectivity index (χ2n) is 7.19. The van der Waals surface area contributed by atoms with Crippen LogP contribution in [0, 0.1) is 5.82 Å². The minimum Gasteiger partial charge on any atom is -0.361 e. The van der Waals surface area contributed by atoms with Gasteiger partial charge in [-0.25, -0.2) is 9.37 Å². The van der Waals surface area contributed by atoms with E-state index in [0.717, 1.165) is 33.2 Å². The largest absolute Gasteiger partial charge is 0.417 e. The summed E-state index contributed by atoms with van der Waals surface area (Å²) >= 11 is 0. The van der Waals surface area contributed by atoms with Crippen LogP contribution in [0.15, 0.2) is 60.5 Å². The number of piperidine rings is 1. The lowest BCUT2D eigenvalue weighted by atomic mass is 9.91. The quantitative estimate of drug-likeness (QED) is 0.537. The van der Waals surface area contributed by atoms with Gasteiger partial charge in [-0.1, -0.05) is 12.6 Å². The maximum atomic E-state index is 14.4. The molecule has 0 aliphatic carbocycles. The number of halogens is 4. The third-order valence-corrected chi connectivity index (χ3v) is 5.35. The molecule has 0 spiro atoms. The van der Waals surface area contributed by atoms with Gasteiger partial charge in [0.15, 0.2) is 11.6 Å². The lowest BCUT2D eigenvalue weighted by Gasteiger charge is -2.32. The molecule has 1 fully saturated rings. The lowest BCUT2D eigenvalue weighted by molar-refractivity contribution is -0.138. The predicted molar refractivity (Wildman–Crippen MR) is 106 cm³/mol. The molecule has 29 heavy (non-hydrogen) atoms. The molecule has 2 aromatic heterocycles. The van der Waals surface area contributed by atoms with Crippen LogP contribution in [0.3, 0.4) is 0 Å². The summed E-state index contributed by atoms with van der Waals surface area (Å²) in [5.41, 5.74) is 3.87. The Balaban J connectivity index is 1.67. The molecule has 4 rings (SSSR count). The lowest BCUT2D eigenvalue weighted by Crippen LogP contribution is -2.34. The number of anilines is 1. The van der Waals surface area contributed by atoms with E-state index in [2.05, 4.69) is 22.6 Å². The van der Waals surface area contributed by atoms with E-state index in [-0.39, 0.29) is 5.82 Å². The molecule has 0 amide bonds. The number of hydrogen-bond acceptors (Lipinski definition) is 2. The van der Waals surface area contributed by atoms with Gasteiger partial charge in [-0.3, -0.25) is 0 Å². The SMILES string of the molecule is C=C1CCN(c2ncc(C(F)(F)F)cc2F)C/C1=C(/C)c1ccc2[nH]ccc2c1. The van der Waals surface area contributed by atoms with Gasteiger partial charge >= 0.3 is 6.18 Å². The number of hydrogen-bond donors (Lipinski definition) is 1. The first kappa shape index (κ1) is 19.2. The summed E-state index contributed by atoms with van der Waals surface area (Å²) in [7, 11) is 0. The van der Waals surface area contributed by atoms with Crippen molar-refractivity contribution in [1.82, 2.24) is 9.97 Å². The van der Waals surface area contributed by atoms with Gasteiger partial charge < -0.3 is 9.88 Å². The average Bonchev–Trinajstić information content (AvgIpc) is 3.15. The molecule has 0 atom stereocenters. The van der Waals surface area contributed by atoms with Gasteiger partial charge in [-0.2, -0.15) is 13.2 Å². The van der Waals surface area contributed by atoms with E-state index in [1.807, 2.05) is 31.3 Å². The van der Waals surface area contributed by atoms with E-state index in [1.165, 1.54) is 0 Å². The minimum absolute atomic E-state index is 0.0723. The molecular weight excluding hydrogens is 382 g/mol. The number of H-pyrrole nitrogens is 1. The van der Waals surface area contributed by atoms with Crippen LogP contribution in [-0.4, -0.2) is 23.1 Å². The number of pyridine rings is 1. The Labute approximate surface area is 165 Å². The van der Waals surface area contributed by atoms with Gasteiger partial charge in [-0.15, -0.1) is 0 Å². The third kappa shape index (κ3) is 3.64. The molecule has 0 unspecified atom stereocenters. The van der Waals surface area contributed by atoms with Crippen LogP contribution in [0.1, 0.15) is 24.5 Å². The van der Waals surface area contributed by atoms with Crippen LogP contribution in [0.5, 0.6) is 0 Å². The van der Waals surface area contributed by atoms with Gasteiger partial charge in [-0.05, 0) is 65.3 Å². The van der Waals surface area contributed by atoms with E-state index < -0.39 is 17.6 Å². The fourth-order valence-corrected chi connectivity index (χ4v) is 3.65. The second kappa shape index (κ2) is 7.06. The standard InChI is InChI=1S/C22H19F4N3/c1-13-6-8-29(21-19(23)10-17(11-28-21)22(24,25)26)12-18(13)14(2)15-3-4-20-16(9-15)5-7-27-20/h3-5,7,9-11,27H,1,6,8,12H2,2H3/b18-14+. The molecule has 0 radical (unpaired) electrons. The highest BCUT2D eigenvalue weighted by Gasteiger charge is 2.33. The molecule has 7 heteroatoms. The van der Waals surface area contributed by atoms with Crippen molar-refractivity contribution in [3.8, 4) is 0 Å². The van der Waals surface area contributed by atoms with Crippen molar-refractivity contribution in [2.24, 2.45) is 0 Å². The number of benzene rings is 1. The number of alkyl halides is 3. The molecule has 1 aromatic carbocycles. The highest BCUT2D eigenvalue weighted by Crippen LogP contribution is 2.34. The molecule has 0 bridgehead atoms. The van der Waals surface area contributed by atoms with Gasteiger partial charge in [0.2, 0.25) is 0 Å². The first-order valence-electron chi connectivity index (χ1n) is 9.17. The van der Waals surface area contributed by atoms with E-state index in [9.17, 15) is 17.6 Å². The Kier molecular flexibility index (Phi) is 4.68. The third-order valence-electron chi connectivity index (χ3n) is 5.35. The Morgan fingerprint density at radius 3 is 2.72 bits per heavy atom. The fraction of sp³-hybridized carbons (Fsp3) is 0.227. The molecule has 1 saturated heterocycles. The van der Waals surface area contributed by atoms with Crippen molar-refractivity contribution in [2.45, 2.75) is 19.5 Å². The van der Waals surface area contributed by atoms with Crippen LogP contribution in [-0.2, 0) is 6.18 Å². The monoisotopic (exact) mass is 401 g/mol. The van der Waals surface area contributed by atoms with Crippen LogP contribution < -0.4 is 4.90 Å². The molecule has 150 valence electrons. The number of allylic oxidation sites excluding steroid dienone is 1. The molecule has 3 aromatic rings. The summed E-state index contributed by atoms with van der Waals surface area (Å²) in [5.74, 6) is -1.05. The van der Waals surface area contributed by atoms with Crippen molar-refractivity contribution in [2.75, 3.05) is 18.0 Å². The first-order valence-corrected chi connectivity index (χ1v) is 9.17. The topological polar surface area (TPSA) is 31.9 Å². The molecule has 1 aliphatic rings.